The molecule has 3 aliphatic heterocycles. The summed E-state index contributed by atoms with van der Waals surface area (Å²) in [5.74, 6) is 0.506. The van der Waals surface area contributed by atoms with Gasteiger partial charge in [-0.25, -0.2) is 0 Å². The van der Waals surface area contributed by atoms with Gasteiger partial charge >= 0.3 is 0 Å². The highest BCUT2D eigenvalue weighted by Gasteiger charge is 2.53. The van der Waals surface area contributed by atoms with Gasteiger partial charge in [0.15, 0.2) is 0 Å². The summed E-state index contributed by atoms with van der Waals surface area (Å²) >= 11 is 1.67. The monoisotopic (exact) mass is 314 g/mol. The summed E-state index contributed by atoms with van der Waals surface area (Å²) in [5.41, 5.74) is -1.00. The number of amides is 2. The SMILES string of the molecule is CC1OCCC1(O)CNC(=O)C1CSC2(C)CCC(=O)N12. The smallest absolute Gasteiger partial charge is 0.243 e. The molecule has 2 amide bonds. The zero-order valence-corrected chi connectivity index (χ0v) is 13.2. The van der Waals surface area contributed by atoms with Crippen molar-refractivity contribution >= 4 is 23.6 Å². The number of ether oxygens (including phenoxy) is 1. The van der Waals surface area contributed by atoms with E-state index < -0.39 is 11.6 Å². The molecule has 3 fully saturated rings. The average molecular weight is 314 g/mol. The highest BCUT2D eigenvalue weighted by Crippen LogP contribution is 2.47. The maximum Gasteiger partial charge on any atom is 0.243 e. The molecule has 0 spiro atoms. The van der Waals surface area contributed by atoms with Gasteiger partial charge in [0.25, 0.3) is 0 Å². The zero-order chi connectivity index (χ0) is 15.3. The topological polar surface area (TPSA) is 78.9 Å². The Morgan fingerprint density at radius 3 is 3.00 bits per heavy atom. The first-order valence-electron chi connectivity index (χ1n) is 7.44. The fourth-order valence-electron chi connectivity index (χ4n) is 3.38. The van der Waals surface area contributed by atoms with Crippen molar-refractivity contribution in [3.8, 4) is 0 Å². The first kappa shape index (κ1) is 15.1. The van der Waals surface area contributed by atoms with Gasteiger partial charge in [0.05, 0.1) is 11.0 Å². The molecule has 21 heavy (non-hydrogen) atoms. The van der Waals surface area contributed by atoms with Crippen LogP contribution >= 0.6 is 11.8 Å². The van der Waals surface area contributed by atoms with Gasteiger partial charge in [0.2, 0.25) is 11.8 Å². The van der Waals surface area contributed by atoms with E-state index in [4.69, 9.17) is 4.74 Å². The number of aliphatic hydroxyl groups is 1. The molecule has 3 rings (SSSR count). The summed E-state index contributed by atoms with van der Waals surface area (Å²) < 4.78 is 5.36. The van der Waals surface area contributed by atoms with Crippen LogP contribution in [0.1, 0.15) is 33.1 Å². The predicted molar refractivity (Wildman–Crippen MR) is 78.7 cm³/mol. The Labute approximate surface area is 128 Å². The van der Waals surface area contributed by atoms with Crippen molar-refractivity contribution < 1.29 is 19.4 Å². The molecule has 0 aromatic rings. The lowest BCUT2D eigenvalue weighted by molar-refractivity contribution is -0.138. The number of hydrogen-bond donors (Lipinski definition) is 2. The first-order valence-corrected chi connectivity index (χ1v) is 8.42. The van der Waals surface area contributed by atoms with Crippen LogP contribution in [-0.2, 0) is 14.3 Å². The molecular weight excluding hydrogens is 292 g/mol. The number of nitrogens with one attached hydrogen (secondary N) is 1. The molecule has 0 aliphatic carbocycles. The van der Waals surface area contributed by atoms with E-state index >= 15 is 0 Å². The van der Waals surface area contributed by atoms with Crippen molar-refractivity contribution in [1.82, 2.24) is 10.2 Å². The molecular formula is C14H22N2O4S. The molecule has 0 aromatic heterocycles. The van der Waals surface area contributed by atoms with Crippen LogP contribution in [0.3, 0.4) is 0 Å². The van der Waals surface area contributed by atoms with Gasteiger partial charge in [0.1, 0.15) is 11.6 Å². The van der Waals surface area contributed by atoms with Crippen LogP contribution in [-0.4, -0.2) is 63.3 Å². The summed E-state index contributed by atoms with van der Waals surface area (Å²) in [5, 5.41) is 13.2. The predicted octanol–water partition coefficient (Wildman–Crippen LogP) is 0.0965. The lowest BCUT2D eigenvalue weighted by Crippen LogP contribution is -2.54. The van der Waals surface area contributed by atoms with Crippen molar-refractivity contribution in [1.29, 1.82) is 0 Å². The molecule has 6 nitrogen and oxygen atoms in total. The van der Waals surface area contributed by atoms with Gasteiger partial charge < -0.3 is 20.1 Å². The van der Waals surface area contributed by atoms with Crippen LogP contribution in [0.5, 0.6) is 0 Å². The van der Waals surface area contributed by atoms with E-state index in [1.54, 1.807) is 16.7 Å². The fourth-order valence-corrected chi connectivity index (χ4v) is 4.81. The molecule has 0 saturated carbocycles. The molecule has 118 valence electrons. The average Bonchev–Trinajstić information content (AvgIpc) is 3.04. The maximum absolute atomic E-state index is 12.4. The van der Waals surface area contributed by atoms with E-state index in [0.717, 1.165) is 6.42 Å². The second-order valence-corrected chi connectivity index (χ2v) is 7.85. The number of rotatable bonds is 3. The lowest BCUT2D eigenvalue weighted by atomic mass is 9.96. The molecule has 4 atom stereocenters. The van der Waals surface area contributed by atoms with Crippen LogP contribution < -0.4 is 5.32 Å². The highest BCUT2D eigenvalue weighted by atomic mass is 32.2. The largest absolute Gasteiger partial charge is 0.385 e. The number of hydrogen-bond acceptors (Lipinski definition) is 5. The van der Waals surface area contributed by atoms with Crippen LogP contribution in [0.2, 0.25) is 0 Å². The molecule has 3 saturated heterocycles. The fraction of sp³-hybridized carbons (Fsp3) is 0.857. The maximum atomic E-state index is 12.4. The molecule has 4 unspecified atom stereocenters. The van der Waals surface area contributed by atoms with Crippen molar-refractivity contribution in [2.24, 2.45) is 0 Å². The Morgan fingerprint density at radius 1 is 1.57 bits per heavy atom. The third kappa shape index (κ3) is 2.45. The van der Waals surface area contributed by atoms with Crippen LogP contribution in [0.4, 0.5) is 0 Å². The third-order valence-corrected chi connectivity index (χ3v) is 6.48. The Morgan fingerprint density at radius 2 is 2.33 bits per heavy atom. The van der Waals surface area contributed by atoms with Crippen LogP contribution in [0.15, 0.2) is 0 Å². The van der Waals surface area contributed by atoms with Crippen molar-refractivity contribution in [3.05, 3.63) is 0 Å². The van der Waals surface area contributed by atoms with Gasteiger partial charge in [0, 0.05) is 31.7 Å². The first-order chi connectivity index (χ1) is 9.86. The summed E-state index contributed by atoms with van der Waals surface area (Å²) in [6.45, 7) is 4.52. The van der Waals surface area contributed by atoms with E-state index in [-0.39, 0.29) is 29.3 Å². The number of thioether (sulfide) groups is 1. The van der Waals surface area contributed by atoms with Gasteiger partial charge in [-0.2, -0.15) is 0 Å². The van der Waals surface area contributed by atoms with Crippen molar-refractivity contribution in [3.63, 3.8) is 0 Å². The van der Waals surface area contributed by atoms with Gasteiger partial charge in [-0.3, -0.25) is 9.59 Å². The Hall–Kier alpha value is -0.790. The minimum atomic E-state index is -1.00. The standard InChI is InChI=1S/C14H22N2O4S/c1-9-14(19,5-6-20-9)8-15-12(18)10-7-21-13(2)4-3-11(17)16(10)13/h9-10,19H,3-8H2,1-2H3,(H,15,18). The minimum absolute atomic E-state index is 0.0546. The summed E-state index contributed by atoms with van der Waals surface area (Å²) in [6.07, 6.45) is 1.56. The highest BCUT2D eigenvalue weighted by molar-refractivity contribution is 8.01. The molecule has 2 N–H and O–H groups in total. The van der Waals surface area contributed by atoms with Gasteiger partial charge in [-0.15, -0.1) is 11.8 Å². The normalized spacial score (nSPS) is 42.4. The van der Waals surface area contributed by atoms with Crippen molar-refractivity contribution in [2.75, 3.05) is 18.9 Å². The van der Waals surface area contributed by atoms with Crippen LogP contribution in [0.25, 0.3) is 0 Å². The van der Waals surface area contributed by atoms with E-state index in [0.29, 0.717) is 25.2 Å². The molecule has 0 aromatic carbocycles. The molecule has 3 heterocycles. The number of fused-ring (bicyclic) bond motifs is 1. The minimum Gasteiger partial charge on any atom is -0.385 e. The molecule has 7 heteroatoms. The van der Waals surface area contributed by atoms with E-state index in [9.17, 15) is 14.7 Å². The van der Waals surface area contributed by atoms with E-state index in [1.807, 2.05) is 13.8 Å². The molecule has 0 bridgehead atoms. The van der Waals surface area contributed by atoms with Gasteiger partial charge in [-0.05, 0) is 20.3 Å². The number of carbonyl (C=O) groups is 2. The lowest BCUT2D eigenvalue weighted by Gasteiger charge is -2.31. The second-order valence-electron chi connectivity index (χ2n) is 6.35. The summed E-state index contributed by atoms with van der Waals surface area (Å²) in [6, 6.07) is -0.420. The summed E-state index contributed by atoms with van der Waals surface area (Å²) in [7, 11) is 0. The number of carbonyl (C=O) groups excluding carboxylic acids is 2. The summed E-state index contributed by atoms with van der Waals surface area (Å²) in [4.78, 5) is 25.9. The van der Waals surface area contributed by atoms with E-state index in [2.05, 4.69) is 5.32 Å². The molecule has 0 radical (unpaired) electrons. The Bertz CT molecular complexity index is 474. The molecule has 3 aliphatic rings. The van der Waals surface area contributed by atoms with E-state index in [1.165, 1.54) is 0 Å². The quantitative estimate of drug-likeness (QED) is 0.772. The Balaban J connectivity index is 1.63. The Kier molecular flexibility index (Phi) is 3.70. The zero-order valence-electron chi connectivity index (χ0n) is 12.4. The van der Waals surface area contributed by atoms with Crippen molar-refractivity contribution in [2.45, 2.75) is 55.7 Å². The third-order valence-electron chi connectivity index (χ3n) is 4.98. The second kappa shape index (κ2) is 5.14. The number of nitrogens with zero attached hydrogens (tertiary/aromatic N) is 1. The van der Waals surface area contributed by atoms with Crippen LogP contribution in [0, 0.1) is 0 Å². The van der Waals surface area contributed by atoms with Gasteiger partial charge in [-0.1, -0.05) is 0 Å².